The van der Waals surface area contributed by atoms with Crippen molar-refractivity contribution in [2.45, 2.75) is 40.0 Å². The first-order valence-corrected chi connectivity index (χ1v) is 13.9. The highest BCUT2D eigenvalue weighted by molar-refractivity contribution is 7.16. The monoisotopic (exact) mass is 549 g/mol. The molecule has 37 heavy (non-hydrogen) atoms. The predicted octanol–water partition coefficient (Wildman–Crippen LogP) is 9.00. The Labute approximate surface area is 232 Å². The van der Waals surface area contributed by atoms with E-state index in [0.29, 0.717) is 27.2 Å². The fourth-order valence-electron chi connectivity index (χ4n) is 4.82. The van der Waals surface area contributed by atoms with E-state index in [1.807, 2.05) is 60.9 Å². The molecule has 5 rings (SSSR count). The Hall–Kier alpha value is -2.86. The number of aromatic nitrogens is 1. The highest BCUT2D eigenvalue weighted by atomic mass is 35.5. The van der Waals surface area contributed by atoms with Gasteiger partial charge in [0.1, 0.15) is 5.00 Å². The van der Waals surface area contributed by atoms with Gasteiger partial charge in [-0.1, -0.05) is 44.0 Å². The Balaban J connectivity index is 1.50. The molecule has 1 aliphatic rings. The fourth-order valence-corrected chi connectivity index (χ4v) is 6.34. The van der Waals surface area contributed by atoms with Gasteiger partial charge in [-0.25, -0.2) is 4.99 Å². The lowest BCUT2D eigenvalue weighted by atomic mass is 9.72. The van der Waals surface area contributed by atoms with Gasteiger partial charge in [0.05, 0.1) is 17.5 Å². The summed E-state index contributed by atoms with van der Waals surface area (Å²) in [6.07, 6.45) is 6.75. The number of carbonyl (C=O) groups is 1. The summed E-state index contributed by atoms with van der Waals surface area (Å²) in [7, 11) is 0. The molecule has 1 aliphatic carbocycles. The average Bonchev–Trinajstić information content (AvgIpc) is 3.48. The number of thiophene rings is 1. The highest BCUT2D eigenvalue weighted by Gasteiger charge is 2.33. The van der Waals surface area contributed by atoms with Crippen molar-refractivity contribution in [1.29, 1.82) is 0 Å². The number of carbonyl (C=O) groups excluding carboxylic acids is 1. The molecule has 2 aromatic carbocycles. The quantitative estimate of drug-likeness (QED) is 0.248. The molecule has 7 heteroatoms. The van der Waals surface area contributed by atoms with E-state index in [1.54, 1.807) is 23.5 Å². The number of hydrogen-bond donors (Lipinski definition) is 1. The van der Waals surface area contributed by atoms with E-state index in [0.717, 1.165) is 41.2 Å². The second kappa shape index (κ2) is 10.5. The van der Waals surface area contributed by atoms with E-state index in [1.165, 1.54) is 4.88 Å². The fraction of sp³-hybridized carbons (Fsp3) is 0.267. The topological polar surface area (TPSA) is 46.4 Å². The smallest absolute Gasteiger partial charge is 0.259 e. The van der Waals surface area contributed by atoms with Crippen LogP contribution in [0.25, 0.3) is 5.69 Å². The van der Waals surface area contributed by atoms with Gasteiger partial charge in [0.15, 0.2) is 0 Å². The number of benzene rings is 2. The molecule has 0 saturated carbocycles. The summed E-state index contributed by atoms with van der Waals surface area (Å²) in [4.78, 5) is 19.7. The molecule has 0 fully saturated rings. The van der Waals surface area contributed by atoms with Gasteiger partial charge in [-0.3, -0.25) is 4.79 Å². The zero-order valence-corrected chi connectivity index (χ0v) is 23.4. The van der Waals surface area contributed by atoms with Gasteiger partial charge in [0.2, 0.25) is 0 Å². The third kappa shape index (κ3) is 5.69. The minimum absolute atomic E-state index is 0.130. The average molecular weight is 551 g/mol. The number of fused-ring (bicyclic) bond motifs is 1. The minimum Gasteiger partial charge on any atom is -0.322 e. The first-order valence-electron chi connectivity index (χ1n) is 12.4. The maximum Gasteiger partial charge on any atom is 0.259 e. The molecule has 1 N–H and O–H groups in total. The van der Waals surface area contributed by atoms with Gasteiger partial charge < -0.3 is 9.88 Å². The zero-order valence-electron chi connectivity index (χ0n) is 21.1. The molecule has 2 aromatic heterocycles. The number of hydrogen-bond acceptors (Lipinski definition) is 3. The molecule has 0 spiro atoms. The van der Waals surface area contributed by atoms with E-state index in [2.05, 4.69) is 30.7 Å². The van der Waals surface area contributed by atoms with Crippen LogP contribution in [0.5, 0.6) is 0 Å². The Morgan fingerprint density at radius 3 is 2.41 bits per heavy atom. The van der Waals surface area contributed by atoms with Crippen molar-refractivity contribution in [3.8, 4) is 5.69 Å². The second-order valence-corrected chi connectivity index (χ2v) is 12.4. The molecule has 1 atom stereocenters. The van der Waals surface area contributed by atoms with E-state index in [-0.39, 0.29) is 11.3 Å². The van der Waals surface area contributed by atoms with E-state index >= 15 is 0 Å². The molecule has 0 aliphatic heterocycles. The SMILES string of the molecule is CC(C)(C)[C@H]1CCc2c(sc(N=Cc3cccn3-c3ccc(Cl)cc3)c2C(=O)Nc2ccc(Cl)cc2)C1. The standard InChI is InChI=1S/C30H29Cl2N3OS/c1-30(2,3)19-6-15-25-26(17-19)37-29(27(25)28(36)34-22-11-7-20(31)8-12-22)33-18-24-5-4-16-35(24)23-13-9-21(32)10-14-23/h4-5,7-14,16,18-19H,6,15,17H2,1-3H3,(H,34,36)/t19-/m0/s1. The van der Waals surface area contributed by atoms with Gasteiger partial charge in [0, 0.05) is 32.5 Å². The number of amides is 1. The Kier molecular flexibility index (Phi) is 7.30. The van der Waals surface area contributed by atoms with Crippen LogP contribution in [0, 0.1) is 11.3 Å². The molecule has 0 radical (unpaired) electrons. The molecular weight excluding hydrogens is 521 g/mol. The van der Waals surface area contributed by atoms with E-state index in [4.69, 9.17) is 28.2 Å². The van der Waals surface area contributed by atoms with Crippen LogP contribution in [0.15, 0.2) is 71.9 Å². The van der Waals surface area contributed by atoms with Crippen LogP contribution in [0.3, 0.4) is 0 Å². The summed E-state index contributed by atoms with van der Waals surface area (Å²) in [5.74, 6) is 0.444. The van der Waals surface area contributed by atoms with Crippen LogP contribution < -0.4 is 5.32 Å². The molecule has 4 aromatic rings. The van der Waals surface area contributed by atoms with Crippen molar-refractivity contribution in [2.24, 2.45) is 16.3 Å². The van der Waals surface area contributed by atoms with Crippen molar-refractivity contribution in [3.05, 3.63) is 98.6 Å². The van der Waals surface area contributed by atoms with Gasteiger partial charge in [-0.2, -0.15) is 0 Å². The van der Waals surface area contributed by atoms with Crippen LogP contribution in [0.4, 0.5) is 10.7 Å². The molecule has 2 heterocycles. The van der Waals surface area contributed by atoms with Crippen LogP contribution in [0.2, 0.25) is 10.0 Å². The van der Waals surface area contributed by atoms with Gasteiger partial charge in [-0.15, -0.1) is 11.3 Å². The summed E-state index contributed by atoms with van der Waals surface area (Å²) < 4.78 is 2.05. The highest BCUT2D eigenvalue weighted by Crippen LogP contribution is 2.45. The van der Waals surface area contributed by atoms with Crippen molar-refractivity contribution in [3.63, 3.8) is 0 Å². The number of halogens is 2. The first-order chi connectivity index (χ1) is 17.7. The molecule has 0 bridgehead atoms. The van der Waals surface area contributed by atoms with Crippen LogP contribution in [-0.4, -0.2) is 16.7 Å². The van der Waals surface area contributed by atoms with Gasteiger partial charge in [-0.05, 0) is 96.8 Å². The lowest BCUT2D eigenvalue weighted by Gasteiger charge is -2.33. The Morgan fingerprint density at radius 2 is 1.73 bits per heavy atom. The van der Waals surface area contributed by atoms with Gasteiger partial charge >= 0.3 is 0 Å². The number of aliphatic imine (C=N–C) groups is 1. The predicted molar refractivity (Wildman–Crippen MR) is 157 cm³/mol. The Morgan fingerprint density at radius 1 is 1.05 bits per heavy atom. The van der Waals surface area contributed by atoms with Crippen LogP contribution in [0.1, 0.15) is 53.7 Å². The third-order valence-corrected chi connectivity index (χ3v) is 8.67. The molecule has 0 unspecified atom stereocenters. The first kappa shape index (κ1) is 25.8. The van der Waals surface area contributed by atoms with Crippen molar-refractivity contribution in [1.82, 2.24) is 4.57 Å². The summed E-state index contributed by atoms with van der Waals surface area (Å²) >= 11 is 13.8. The van der Waals surface area contributed by atoms with E-state index in [9.17, 15) is 4.79 Å². The number of nitrogens with zero attached hydrogens (tertiary/aromatic N) is 2. The number of nitrogens with one attached hydrogen (secondary N) is 1. The Bertz CT molecular complexity index is 1440. The largest absolute Gasteiger partial charge is 0.322 e. The minimum atomic E-state index is -0.130. The normalized spacial score (nSPS) is 15.6. The molecule has 190 valence electrons. The summed E-state index contributed by atoms with van der Waals surface area (Å²) in [6, 6.07) is 18.9. The number of anilines is 1. The molecular formula is C30H29Cl2N3OS. The summed E-state index contributed by atoms with van der Waals surface area (Å²) in [6.45, 7) is 6.90. The zero-order chi connectivity index (χ0) is 26.2. The van der Waals surface area contributed by atoms with Gasteiger partial charge in [0.25, 0.3) is 5.91 Å². The third-order valence-electron chi connectivity index (χ3n) is 7.00. The van der Waals surface area contributed by atoms with Crippen molar-refractivity contribution in [2.75, 3.05) is 5.32 Å². The number of rotatable bonds is 5. The lowest BCUT2D eigenvalue weighted by molar-refractivity contribution is 0.102. The molecule has 1 amide bonds. The second-order valence-electron chi connectivity index (χ2n) is 10.5. The summed E-state index contributed by atoms with van der Waals surface area (Å²) in [5, 5.41) is 5.13. The van der Waals surface area contributed by atoms with Crippen molar-refractivity contribution >= 4 is 57.3 Å². The maximum atomic E-state index is 13.6. The molecule has 0 saturated heterocycles. The van der Waals surface area contributed by atoms with Crippen LogP contribution in [-0.2, 0) is 12.8 Å². The lowest BCUT2D eigenvalue weighted by Crippen LogP contribution is -2.27. The van der Waals surface area contributed by atoms with E-state index < -0.39 is 0 Å². The maximum absolute atomic E-state index is 13.6. The van der Waals surface area contributed by atoms with Crippen LogP contribution >= 0.6 is 34.5 Å². The summed E-state index contributed by atoms with van der Waals surface area (Å²) in [5.41, 5.74) is 4.67. The molecule has 4 nitrogen and oxygen atoms in total. The van der Waals surface area contributed by atoms with Crippen molar-refractivity contribution < 1.29 is 4.79 Å².